The Morgan fingerprint density at radius 2 is 1.62 bits per heavy atom. The number of amides is 1. The van der Waals surface area contributed by atoms with Crippen molar-refractivity contribution in [3.8, 4) is 5.75 Å². The summed E-state index contributed by atoms with van der Waals surface area (Å²) in [5.41, 5.74) is 2.73. The van der Waals surface area contributed by atoms with Crippen molar-refractivity contribution in [2.75, 3.05) is 12.4 Å². The molecule has 3 rings (SSSR count). The van der Waals surface area contributed by atoms with E-state index < -0.39 is 0 Å². The molecule has 6 nitrogen and oxygen atoms in total. The number of methoxy groups -OCH3 is 1. The van der Waals surface area contributed by atoms with Gasteiger partial charge in [-0.3, -0.25) is 10.1 Å². The Labute approximate surface area is 187 Å². The molecule has 0 atom stereocenters. The minimum absolute atomic E-state index is 0.208. The fourth-order valence-electron chi connectivity index (χ4n) is 2.37. The molecule has 146 valence electrons. The molecule has 1 amide bonds. The number of nitrogens with zero attached hydrogens (tertiary/aromatic N) is 2. The third-order valence-electron chi connectivity index (χ3n) is 3.80. The van der Waals surface area contributed by atoms with Gasteiger partial charge in [-0.15, -0.1) is 0 Å². The summed E-state index contributed by atoms with van der Waals surface area (Å²) in [6.45, 7) is 0. The van der Waals surface area contributed by atoms with Gasteiger partial charge in [-0.05, 0) is 89.4 Å². The highest BCUT2D eigenvalue weighted by Crippen LogP contribution is 2.22. The number of halogens is 1. The van der Waals surface area contributed by atoms with Crippen molar-refractivity contribution in [1.29, 1.82) is 0 Å². The van der Waals surface area contributed by atoms with Crippen LogP contribution in [0.5, 0.6) is 5.75 Å². The predicted octanol–water partition coefficient (Wildman–Crippen LogP) is 5.84. The molecule has 0 aliphatic rings. The maximum Gasteiger partial charge on any atom is 0.257 e. The van der Waals surface area contributed by atoms with Gasteiger partial charge in [0.05, 0.1) is 22.1 Å². The Kier molecular flexibility index (Phi) is 7.25. The number of carbonyl (C=O) groups is 1. The lowest BCUT2D eigenvalue weighted by atomic mass is 10.2. The van der Waals surface area contributed by atoms with Gasteiger partial charge in [0.15, 0.2) is 5.11 Å². The number of ether oxygens (including phenoxy) is 1. The molecule has 0 bridgehead atoms. The Morgan fingerprint density at radius 1 is 0.966 bits per heavy atom. The number of nitrogens with one attached hydrogen (secondary N) is 2. The number of anilines is 1. The van der Waals surface area contributed by atoms with Crippen molar-refractivity contribution in [2.45, 2.75) is 0 Å². The minimum atomic E-state index is -0.295. The molecule has 0 aliphatic carbocycles. The molecule has 0 aliphatic heterocycles. The van der Waals surface area contributed by atoms with E-state index in [4.69, 9.17) is 17.0 Å². The van der Waals surface area contributed by atoms with Crippen LogP contribution in [-0.4, -0.2) is 18.1 Å². The van der Waals surface area contributed by atoms with E-state index in [1.807, 2.05) is 54.6 Å². The van der Waals surface area contributed by atoms with Gasteiger partial charge in [0.1, 0.15) is 5.75 Å². The van der Waals surface area contributed by atoms with E-state index >= 15 is 0 Å². The Hall–Kier alpha value is -2.85. The quantitative estimate of drug-likeness (QED) is 0.254. The molecule has 0 fully saturated rings. The highest BCUT2D eigenvalue weighted by molar-refractivity contribution is 14.1. The summed E-state index contributed by atoms with van der Waals surface area (Å²) >= 11 is 7.35. The van der Waals surface area contributed by atoms with Crippen molar-refractivity contribution >= 4 is 62.9 Å². The summed E-state index contributed by atoms with van der Waals surface area (Å²) in [6, 6.07) is 21.9. The van der Waals surface area contributed by atoms with Gasteiger partial charge < -0.3 is 10.1 Å². The first-order chi connectivity index (χ1) is 14.0. The second-order valence-electron chi connectivity index (χ2n) is 5.84. The average Bonchev–Trinajstić information content (AvgIpc) is 2.74. The van der Waals surface area contributed by atoms with Crippen LogP contribution in [0.2, 0.25) is 0 Å². The molecule has 0 aromatic heterocycles. The zero-order valence-corrected chi connectivity index (χ0v) is 18.4. The van der Waals surface area contributed by atoms with Crippen LogP contribution in [0.1, 0.15) is 10.4 Å². The highest BCUT2D eigenvalue weighted by atomic mass is 127. The van der Waals surface area contributed by atoms with Gasteiger partial charge in [-0.2, -0.15) is 10.2 Å². The monoisotopic (exact) mass is 516 g/mol. The number of carbonyl (C=O) groups excluding carboxylic acids is 1. The third kappa shape index (κ3) is 6.06. The topological polar surface area (TPSA) is 75.1 Å². The Balaban J connectivity index is 1.57. The van der Waals surface area contributed by atoms with Gasteiger partial charge in [0, 0.05) is 11.3 Å². The van der Waals surface area contributed by atoms with Gasteiger partial charge in [-0.25, -0.2) is 0 Å². The van der Waals surface area contributed by atoms with Gasteiger partial charge >= 0.3 is 0 Å². The van der Waals surface area contributed by atoms with E-state index in [0.29, 0.717) is 17.0 Å². The molecular formula is C21H17IN4O2S. The van der Waals surface area contributed by atoms with Crippen LogP contribution in [-0.2, 0) is 0 Å². The standard InChI is InChI=1S/C21H17IN4O2S/c1-28-19-12-7-14(13-18(19)22)20(27)24-21(29)23-15-8-10-17(11-9-15)26-25-16-5-3-2-4-6-16/h2-13H,1H3,(H2,23,24,27,29). The summed E-state index contributed by atoms with van der Waals surface area (Å²) < 4.78 is 6.04. The van der Waals surface area contributed by atoms with Crippen molar-refractivity contribution in [1.82, 2.24) is 5.32 Å². The average molecular weight is 516 g/mol. The molecular weight excluding hydrogens is 499 g/mol. The number of azo groups is 1. The van der Waals surface area contributed by atoms with E-state index in [9.17, 15) is 4.79 Å². The van der Waals surface area contributed by atoms with E-state index in [1.54, 1.807) is 25.3 Å². The van der Waals surface area contributed by atoms with Crippen LogP contribution in [0.25, 0.3) is 0 Å². The lowest BCUT2D eigenvalue weighted by Gasteiger charge is -2.10. The molecule has 0 saturated heterocycles. The molecule has 0 spiro atoms. The first-order valence-electron chi connectivity index (χ1n) is 8.58. The van der Waals surface area contributed by atoms with Crippen LogP contribution in [0.15, 0.2) is 83.0 Å². The molecule has 3 aromatic rings. The van der Waals surface area contributed by atoms with Crippen molar-refractivity contribution in [3.63, 3.8) is 0 Å². The zero-order chi connectivity index (χ0) is 20.6. The summed E-state index contributed by atoms with van der Waals surface area (Å²) in [7, 11) is 1.59. The Bertz CT molecular complexity index is 1040. The maximum absolute atomic E-state index is 12.4. The first kappa shape index (κ1) is 20.9. The lowest BCUT2D eigenvalue weighted by molar-refractivity contribution is 0.0977. The van der Waals surface area contributed by atoms with E-state index in [0.717, 1.165) is 14.9 Å². The summed E-state index contributed by atoms with van der Waals surface area (Å²) in [5.74, 6) is 0.420. The van der Waals surface area contributed by atoms with Gasteiger partial charge in [-0.1, -0.05) is 18.2 Å². The molecule has 2 N–H and O–H groups in total. The van der Waals surface area contributed by atoms with Crippen LogP contribution in [0.4, 0.5) is 17.1 Å². The van der Waals surface area contributed by atoms with E-state index in [2.05, 4.69) is 43.5 Å². The highest BCUT2D eigenvalue weighted by Gasteiger charge is 2.10. The van der Waals surface area contributed by atoms with Crippen LogP contribution >= 0.6 is 34.8 Å². The van der Waals surface area contributed by atoms with Crippen LogP contribution in [0, 0.1) is 3.57 Å². The molecule has 0 radical (unpaired) electrons. The minimum Gasteiger partial charge on any atom is -0.496 e. The van der Waals surface area contributed by atoms with Crippen molar-refractivity contribution in [3.05, 3.63) is 81.9 Å². The molecule has 0 saturated carbocycles. The summed E-state index contributed by atoms with van der Waals surface area (Å²) in [4.78, 5) is 12.4. The van der Waals surface area contributed by atoms with Crippen LogP contribution < -0.4 is 15.4 Å². The normalized spacial score (nSPS) is 10.6. The maximum atomic E-state index is 12.4. The SMILES string of the molecule is COc1ccc(C(=O)NC(=S)Nc2ccc(N=Nc3ccccc3)cc2)cc1I. The number of thiocarbonyl (C=S) groups is 1. The van der Waals surface area contributed by atoms with Gasteiger partial charge in [0.25, 0.3) is 5.91 Å². The van der Waals surface area contributed by atoms with E-state index in [-0.39, 0.29) is 11.0 Å². The predicted molar refractivity (Wildman–Crippen MR) is 126 cm³/mol. The molecule has 8 heteroatoms. The van der Waals surface area contributed by atoms with Gasteiger partial charge in [0.2, 0.25) is 0 Å². The number of hydrogen-bond acceptors (Lipinski definition) is 5. The summed E-state index contributed by atoms with van der Waals surface area (Å²) in [5, 5.41) is 14.2. The number of benzene rings is 3. The molecule has 0 unspecified atom stereocenters. The first-order valence-corrected chi connectivity index (χ1v) is 10.1. The fourth-order valence-corrected chi connectivity index (χ4v) is 3.31. The summed E-state index contributed by atoms with van der Waals surface area (Å²) in [6.07, 6.45) is 0. The molecule has 29 heavy (non-hydrogen) atoms. The van der Waals surface area contributed by atoms with E-state index in [1.165, 1.54) is 0 Å². The third-order valence-corrected chi connectivity index (χ3v) is 4.85. The lowest BCUT2D eigenvalue weighted by Crippen LogP contribution is -2.34. The second-order valence-corrected chi connectivity index (χ2v) is 7.41. The largest absolute Gasteiger partial charge is 0.496 e. The molecule has 0 heterocycles. The van der Waals surface area contributed by atoms with Crippen molar-refractivity contribution < 1.29 is 9.53 Å². The Morgan fingerprint density at radius 3 is 2.24 bits per heavy atom. The smallest absolute Gasteiger partial charge is 0.257 e. The zero-order valence-electron chi connectivity index (χ0n) is 15.4. The fraction of sp³-hybridized carbons (Fsp3) is 0.0476. The van der Waals surface area contributed by atoms with Crippen LogP contribution in [0.3, 0.4) is 0 Å². The number of rotatable bonds is 5. The number of hydrogen-bond donors (Lipinski definition) is 2. The van der Waals surface area contributed by atoms with Crippen molar-refractivity contribution in [2.24, 2.45) is 10.2 Å². The molecule has 3 aromatic carbocycles. The second kappa shape index (κ2) is 10.1.